The van der Waals surface area contributed by atoms with Crippen LogP contribution in [0.3, 0.4) is 0 Å². The van der Waals surface area contributed by atoms with E-state index in [0.29, 0.717) is 50.7 Å². The Bertz CT molecular complexity index is 296. The lowest BCUT2D eigenvalue weighted by Gasteiger charge is -2.14. The molecule has 0 aliphatic carbocycles. The molecule has 0 aromatic rings. The molecule has 4 nitrogen and oxygen atoms in total. The predicted molar refractivity (Wildman–Crippen MR) is 97.8 cm³/mol. The summed E-state index contributed by atoms with van der Waals surface area (Å²) in [5, 5.41) is 0. The van der Waals surface area contributed by atoms with Crippen LogP contribution in [-0.2, 0) is 19.1 Å². The first-order valence-corrected chi connectivity index (χ1v) is 9.88. The molecule has 0 aromatic carbocycles. The Morgan fingerprint density at radius 1 is 0.708 bits per heavy atom. The van der Waals surface area contributed by atoms with E-state index in [1.165, 1.54) is 0 Å². The van der Waals surface area contributed by atoms with E-state index in [2.05, 4.69) is 27.7 Å². The molecule has 0 amide bonds. The summed E-state index contributed by atoms with van der Waals surface area (Å²) in [7, 11) is 0. The summed E-state index contributed by atoms with van der Waals surface area (Å²) < 4.78 is 10.6. The molecule has 0 aliphatic rings. The average Bonchev–Trinajstić information content (AvgIpc) is 2.59. The number of ether oxygens (including phenoxy) is 2. The van der Waals surface area contributed by atoms with Crippen LogP contribution in [0.2, 0.25) is 0 Å². The highest BCUT2D eigenvalue weighted by molar-refractivity contribution is 5.70. The van der Waals surface area contributed by atoms with E-state index in [1.807, 2.05) is 0 Å². The van der Waals surface area contributed by atoms with Crippen LogP contribution in [-0.4, -0.2) is 25.2 Å². The van der Waals surface area contributed by atoms with Crippen LogP contribution in [0.1, 0.15) is 91.9 Å². The maximum absolute atomic E-state index is 11.7. The molecule has 0 radical (unpaired) electrons. The highest BCUT2D eigenvalue weighted by atomic mass is 16.5. The Morgan fingerprint density at radius 3 is 1.38 bits per heavy atom. The fourth-order valence-electron chi connectivity index (χ4n) is 2.73. The molecule has 0 heterocycles. The highest BCUT2D eigenvalue weighted by Gasteiger charge is 2.11. The van der Waals surface area contributed by atoms with Crippen molar-refractivity contribution in [3.63, 3.8) is 0 Å². The molecule has 0 bridgehead atoms. The minimum Gasteiger partial charge on any atom is -0.465 e. The molecule has 0 rings (SSSR count). The van der Waals surface area contributed by atoms with Gasteiger partial charge in [-0.1, -0.05) is 53.4 Å². The van der Waals surface area contributed by atoms with Gasteiger partial charge in [0.05, 0.1) is 13.2 Å². The molecule has 142 valence electrons. The fraction of sp³-hybridized carbons (Fsp3) is 0.900. The first-order valence-electron chi connectivity index (χ1n) is 9.88. The van der Waals surface area contributed by atoms with Crippen molar-refractivity contribution in [1.82, 2.24) is 0 Å². The van der Waals surface area contributed by atoms with Crippen molar-refractivity contribution >= 4 is 11.9 Å². The van der Waals surface area contributed by atoms with Gasteiger partial charge < -0.3 is 9.47 Å². The lowest BCUT2D eigenvalue weighted by atomic mass is 10.0. The van der Waals surface area contributed by atoms with E-state index in [9.17, 15) is 9.59 Å². The van der Waals surface area contributed by atoms with Gasteiger partial charge in [0.1, 0.15) is 0 Å². The molecule has 0 aliphatic heterocycles. The van der Waals surface area contributed by atoms with E-state index < -0.39 is 0 Å². The van der Waals surface area contributed by atoms with Gasteiger partial charge in [0.15, 0.2) is 0 Å². The van der Waals surface area contributed by atoms with Gasteiger partial charge in [-0.05, 0) is 37.5 Å². The molecule has 0 aromatic heterocycles. The summed E-state index contributed by atoms with van der Waals surface area (Å²) in [5.74, 6) is 0.658. The fourth-order valence-corrected chi connectivity index (χ4v) is 2.73. The van der Waals surface area contributed by atoms with E-state index in [0.717, 1.165) is 38.5 Å². The van der Waals surface area contributed by atoms with Crippen LogP contribution in [0.15, 0.2) is 0 Å². The summed E-state index contributed by atoms with van der Waals surface area (Å²) in [6.45, 7) is 9.61. The van der Waals surface area contributed by atoms with Gasteiger partial charge in [0, 0.05) is 12.8 Å². The van der Waals surface area contributed by atoms with Gasteiger partial charge in [-0.2, -0.15) is 0 Å². The minimum absolute atomic E-state index is 0.146. The Labute approximate surface area is 148 Å². The van der Waals surface area contributed by atoms with Gasteiger partial charge in [0.25, 0.3) is 0 Å². The standard InChI is InChI=1S/C20H38O4/c1-5-11-17(7-3)15-23-19(21)13-9-10-14-20(22)24-16-18(8-4)12-6-2/h17-18H,5-16H2,1-4H3. The minimum atomic E-state index is -0.146. The van der Waals surface area contributed by atoms with Crippen molar-refractivity contribution in [3.8, 4) is 0 Å². The monoisotopic (exact) mass is 342 g/mol. The molecule has 24 heavy (non-hydrogen) atoms. The second kappa shape index (κ2) is 15.5. The molecule has 0 N–H and O–H groups in total. The molecule has 0 saturated heterocycles. The molecule has 2 atom stereocenters. The van der Waals surface area contributed by atoms with Gasteiger partial charge in [-0.25, -0.2) is 0 Å². The molecular weight excluding hydrogens is 304 g/mol. The lowest BCUT2D eigenvalue weighted by molar-refractivity contribution is -0.147. The predicted octanol–water partition coefficient (Wildman–Crippen LogP) is 5.29. The van der Waals surface area contributed by atoms with Crippen molar-refractivity contribution in [2.45, 2.75) is 91.9 Å². The second-order valence-corrected chi connectivity index (χ2v) is 6.70. The van der Waals surface area contributed by atoms with E-state index >= 15 is 0 Å². The summed E-state index contributed by atoms with van der Waals surface area (Å²) >= 11 is 0. The molecule has 0 spiro atoms. The van der Waals surface area contributed by atoms with Crippen molar-refractivity contribution in [3.05, 3.63) is 0 Å². The third kappa shape index (κ3) is 12.4. The van der Waals surface area contributed by atoms with Crippen molar-refractivity contribution < 1.29 is 19.1 Å². The average molecular weight is 343 g/mol. The lowest BCUT2D eigenvalue weighted by Crippen LogP contribution is -2.14. The van der Waals surface area contributed by atoms with Crippen molar-refractivity contribution in [1.29, 1.82) is 0 Å². The molecular formula is C20H38O4. The third-order valence-electron chi connectivity index (χ3n) is 4.52. The Hall–Kier alpha value is -1.06. The molecule has 4 heteroatoms. The van der Waals surface area contributed by atoms with Gasteiger partial charge in [0.2, 0.25) is 0 Å². The largest absolute Gasteiger partial charge is 0.465 e. The van der Waals surface area contributed by atoms with Crippen LogP contribution in [0.5, 0.6) is 0 Å². The van der Waals surface area contributed by atoms with Crippen LogP contribution < -0.4 is 0 Å². The number of carbonyl (C=O) groups excluding carboxylic acids is 2. The zero-order chi connectivity index (χ0) is 18.2. The highest BCUT2D eigenvalue weighted by Crippen LogP contribution is 2.13. The smallest absolute Gasteiger partial charge is 0.305 e. The molecule has 0 saturated carbocycles. The van der Waals surface area contributed by atoms with Crippen LogP contribution in [0.25, 0.3) is 0 Å². The molecule has 2 unspecified atom stereocenters. The number of rotatable bonds is 15. The Morgan fingerprint density at radius 2 is 1.08 bits per heavy atom. The van der Waals surface area contributed by atoms with Crippen molar-refractivity contribution in [2.75, 3.05) is 13.2 Å². The zero-order valence-electron chi connectivity index (χ0n) is 16.3. The van der Waals surface area contributed by atoms with E-state index in [-0.39, 0.29) is 11.9 Å². The van der Waals surface area contributed by atoms with Gasteiger partial charge in [-0.15, -0.1) is 0 Å². The SMILES string of the molecule is CCCC(CC)COC(=O)CCCCC(=O)OCC(CC)CCC. The van der Waals surface area contributed by atoms with Crippen molar-refractivity contribution in [2.24, 2.45) is 11.8 Å². The Balaban J connectivity index is 3.69. The summed E-state index contributed by atoms with van der Waals surface area (Å²) in [6, 6.07) is 0. The number of hydrogen-bond donors (Lipinski definition) is 0. The van der Waals surface area contributed by atoms with Crippen LogP contribution in [0.4, 0.5) is 0 Å². The zero-order valence-corrected chi connectivity index (χ0v) is 16.3. The third-order valence-corrected chi connectivity index (χ3v) is 4.52. The number of esters is 2. The Kier molecular flexibility index (Phi) is 14.8. The summed E-state index contributed by atoms with van der Waals surface area (Å²) in [4.78, 5) is 23.4. The topological polar surface area (TPSA) is 52.6 Å². The number of hydrogen-bond acceptors (Lipinski definition) is 4. The normalized spacial score (nSPS) is 13.3. The number of carbonyl (C=O) groups is 2. The van der Waals surface area contributed by atoms with E-state index in [1.54, 1.807) is 0 Å². The van der Waals surface area contributed by atoms with Crippen LogP contribution >= 0.6 is 0 Å². The second-order valence-electron chi connectivity index (χ2n) is 6.70. The van der Waals surface area contributed by atoms with Crippen LogP contribution in [0, 0.1) is 11.8 Å². The number of unbranched alkanes of at least 4 members (excludes halogenated alkanes) is 1. The first kappa shape index (κ1) is 22.9. The maximum Gasteiger partial charge on any atom is 0.305 e. The quantitative estimate of drug-likeness (QED) is 0.300. The first-order chi connectivity index (χ1) is 11.6. The van der Waals surface area contributed by atoms with Gasteiger partial charge >= 0.3 is 11.9 Å². The maximum atomic E-state index is 11.7. The molecule has 0 fully saturated rings. The van der Waals surface area contributed by atoms with E-state index in [4.69, 9.17) is 9.47 Å². The van der Waals surface area contributed by atoms with Gasteiger partial charge in [-0.3, -0.25) is 9.59 Å². The summed E-state index contributed by atoms with van der Waals surface area (Å²) in [6.07, 6.45) is 8.69. The summed E-state index contributed by atoms with van der Waals surface area (Å²) in [5.41, 5.74) is 0.